The molecular weight excluding hydrogens is 417 g/mol. The van der Waals surface area contributed by atoms with E-state index in [2.05, 4.69) is 15.5 Å². The van der Waals surface area contributed by atoms with Crippen molar-refractivity contribution < 1.29 is 18.0 Å². The number of nitrogens with zero attached hydrogens (tertiary/aromatic N) is 3. The molecule has 2 heterocycles. The van der Waals surface area contributed by atoms with E-state index in [-0.39, 0.29) is 23.3 Å². The maximum atomic E-state index is 13.5. The summed E-state index contributed by atoms with van der Waals surface area (Å²) in [5, 5.41) is 11.1. The first-order chi connectivity index (χ1) is 15.3. The molecule has 162 valence electrons. The second kappa shape index (κ2) is 7.47. The standard InChI is InChI=1S/C24H19F3N4O/c1-14-6-7-16(23(32)28-17-8-9-17)12-19(14)15-10-11-31-21(13-15)29-30-22(31)18-4-2-3-5-20(18)24(25,26)27/h2-7,10-13,17H,8-9H2,1H3,(H,28,32). The number of nitrogens with one attached hydrogen (secondary N) is 1. The van der Waals surface area contributed by atoms with Crippen LogP contribution >= 0.6 is 0 Å². The van der Waals surface area contributed by atoms with Crippen LogP contribution in [-0.2, 0) is 6.18 Å². The third-order valence-corrected chi connectivity index (χ3v) is 5.61. The molecule has 1 fully saturated rings. The molecule has 0 atom stereocenters. The second-order valence-electron chi connectivity index (χ2n) is 7.99. The van der Waals surface area contributed by atoms with Gasteiger partial charge in [0.1, 0.15) is 0 Å². The number of rotatable bonds is 4. The lowest BCUT2D eigenvalue weighted by atomic mass is 9.98. The Kier molecular flexibility index (Phi) is 4.73. The molecule has 5 rings (SSSR count). The Morgan fingerprint density at radius 3 is 2.56 bits per heavy atom. The summed E-state index contributed by atoms with van der Waals surface area (Å²) in [5.41, 5.74) is 2.83. The van der Waals surface area contributed by atoms with Crippen molar-refractivity contribution in [2.75, 3.05) is 0 Å². The molecule has 1 N–H and O–H groups in total. The summed E-state index contributed by atoms with van der Waals surface area (Å²) in [4.78, 5) is 12.4. The van der Waals surface area contributed by atoms with Gasteiger partial charge >= 0.3 is 6.18 Å². The summed E-state index contributed by atoms with van der Waals surface area (Å²) < 4.78 is 41.9. The highest BCUT2D eigenvalue weighted by Crippen LogP contribution is 2.36. The minimum absolute atomic E-state index is 0.0322. The van der Waals surface area contributed by atoms with E-state index in [9.17, 15) is 18.0 Å². The van der Waals surface area contributed by atoms with Crippen molar-refractivity contribution in [1.29, 1.82) is 0 Å². The van der Waals surface area contributed by atoms with Crippen molar-refractivity contribution in [3.63, 3.8) is 0 Å². The monoisotopic (exact) mass is 436 g/mol. The number of carbonyl (C=O) groups excluding carboxylic acids is 1. The Hall–Kier alpha value is -3.68. The van der Waals surface area contributed by atoms with E-state index in [0.717, 1.165) is 35.6 Å². The van der Waals surface area contributed by atoms with Gasteiger partial charge in [0.05, 0.1) is 5.56 Å². The lowest BCUT2D eigenvalue weighted by Gasteiger charge is -2.12. The average Bonchev–Trinajstić information content (AvgIpc) is 3.48. The van der Waals surface area contributed by atoms with Gasteiger partial charge in [-0.25, -0.2) is 0 Å². The number of pyridine rings is 1. The first-order valence-electron chi connectivity index (χ1n) is 10.2. The molecule has 0 saturated heterocycles. The van der Waals surface area contributed by atoms with Crippen molar-refractivity contribution >= 4 is 11.6 Å². The van der Waals surface area contributed by atoms with Gasteiger partial charge in [0.15, 0.2) is 11.5 Å². The minimum atomic E-state index is -4.50. The van der Waals surface area contributed by atoms with Crippen LogP contribution < -0.4 is 5.32 Å². The zero-order chi connectivity index (χ0) is 22.5. The lowest BCUT2D eigenvalue weighted by molar-refractivity contribution is -0.137. The summed E-state index contributed by atoms with van der Waals surface area (Å²) >= 11 is 0. The van der Waals surface area contributed by atoms with Crippen LogP contribution in [0, 0.1) is 6.92 Å². The number of hydrogen-bond acceptors (Lipinski definition) is 3. The molecule has 0 spiro atoms. The normalized spacial score (nSPS) is 14.0. The molecule has 0 radical (unpaired) electrons. The van der Waals surface area contributed by atoms with Crippen molar-refractivity contribution in [3.8, 4) is 22.5 Å². The van der Waals surface area contributed by atoms with Gasteiger partial charge in [-0.15, -0.1) is 10.2 Å². The second-order valence-corrected chi connectivity index (χ2v) is 7.99. The van der Waals surface area contributed by atoms with Crippen LogP contribution in [0.3, 0.4) is 0 Å². The van der Waals surface area contributed by atoms with Crippen molar-refractivity contribution in [1.82, 2.24) is 19.9 Å². The van der Waals surface area contributed by atoms with Gasteiger partial charge in [0, 0.05) is 23.4 Å². The number of aromatic nitrogens is 3. The summed E-state index contributed by atoms with van der Waals surface area (Å²) in [6.45, 7) is 1.94. The number of alkyl halides is 3. The predicted molar refractivity (Wildman–Crippen MR) is 114 cm³/mol. The van der Waals surface area contributed by atoms with Crippen LogP contribution in [0.1, 0.15) is 34.3 Å². The van der Waals surface area contributed by atoms with Gasteiger partial charge in [0.2, 0.25) is 0 Å². The molecule has 1 saturated carbocycles. The van der Waals surface area contributed by atoms with E-state index in [1.54, 1.807) is 30.5 Å². The van der Waals surface area contributed by atoms with E-state index < -0.39 is 11.7 Å². The molecule has 0 aliphatic heterocycles. The first-order valence-corrected chi connectivity index (χ1v) is 10.2. The highest BCUT2D eigenvalue weighted by Gasteiger charge is 2.34. The average molecular weight is 436 g/mol. The van der Waals surface area contributed by atoms with Crippen LogP contribution in [0.5, 0.6) is 0 Å². The maximum absolute atomic E-state index is 13.5. The van der Waals surface area contributed by atoms with Gasteiger partial charge in [-0.1, -0.05) is 24.3 Å². The summed E-state index contributed by atoms with van der Waals surface area (Å²) in [6, 6.07) is 14.6. The smallest absolute Gasteiger partial charge is 0.349 e. The van der Waals surface area contributed by atoms with E-state index >= 15 is 0 Å². The predicted octanol–water partition coefficient (Wildman–Crippen LogP) is 5.28. The van der Waals surface area contributed by atoms with Gasteiger partial charge in [-0.3, -0.25) is 9.20 Å². The van der Waals surface area contributed by atoms with E-state index in [4.69, 9.17) is 0 Å². The van der Waals surface area contributed by atoms with Crippen LogP contribution in [0.15, 0.2) is 60.8 Å². The molecule has 1 aliphatic carbocycles. The van der Waals surface area contributed by atoms with Gasteiger partial charge < -0.3 is 5.32 Å². The van der Waals surface area contributed by atoms with Gasteiger partial charge in [-0.2, -0.15) is 13.2 Å². The Labute approximate surface area is 181 Å². The molecular formula is C24H19F3N4O. The fraction of sp³-hybridized carbons (Fsp3) is 0.208. The van der Waals surface area contributed by atoms with Gasteiger partial charge in [-0.05, 0) is 66.8 Å². The zero-order valence-corrected chi connectivity index (χ0v) is 17.1. The number of benzene rings is 2. The van der Waals surface area contributed by atoms with Gasteiger partial charge in [0.25, 0.3) is 5.91 Å². The lowest BCUT2D eigenvalue weighted by Crippen LogP contribution is -2.25. The highest BCUT2D eigenvalue weighted by molar-refractivity contribution is 5.96. The fourth-order valence-electron chi connectivity index (χ4n) is 3.74. The number of aryl methyl sites for hydroxylation is 1. The third kappa shape index (κ3) is 3.72. The molecule has 4 aromatic rings. The highest BCUT2D eigenvalue weighted by atomic mass is 19.4. The van der Waals surface area contributed by atoms with E-state index in [1.807, 2.05) is 19.1 Å². The molecule has 2 aromatic carbocycles. The Morgan fingerprint density at radius 1 is 1.03 bits per heavy atom. The molecule has 5 nitrogen and oxygen atoms in total. The minimum Gasteiger partial charge on any atom is -0.349 e. The molecule has 2 aromatic heterocycles. The molecule has 1 amide bonds. The largest absolute Gasteiger partial charge is 0.417 e. The fourth-order valence-corrected chi connectivity index (χ4v) is 3.74. The van der Waals surface area contributed by atoms with Crippen LogP contribution in [0.25, 0.3) is 28.2 Å². The summed E-state index contributed by atoms with van der Waals surface area (Å²) in [7, 11) is 0. The van der Waals surface area contributed by atoms with Crippen LogP contribution in [0.2, 0.25) is 0 Å². The molecule has 32 heavy (non-hydrogen) atoms. The van der Waals surface area contributed by atoms with Crippen molar-refractivity contribution in [2.24, 2.45) is 0 Å². The maximum Gasteiger partial charge on any atom is 0.417 e. The van der Waals surface area contributed by atoms with Crippen molar-refractivity contribution in [3.05, 3.63) is 77.5 Å². The quantitative estimate of drug-likeness (QED) is 0.473. The molecule has 1 aliphatic rings. The number of carbonyl (C=O) groups is 1. The Balaban J connectivity index is 1.55. The van der Waals surface area contributed by atoms with E-state index in [0.29, 0.717) is 11.2 Å². The first kappa shape index (κ1) is 20.2. The molecule has 0 unspecified atom stereocenters. The van der Waals surface area contributed by atoms with Crippen LogP contribution in [-0.4, -0.2) is 26.5 Å². The summed E-state index contributed by atoms with van der Waals surface area (Å²) in [6.07, 6.45) is -0.827. The van der Waals surface area contributed by atoms with E-state index in [1.165, 1.54) is 16.5 Å². The Bertz CT molecular complexity index is 1340. The number of hydrogen-bond donors (Lipinski definition) is 1. The molecule has 0 bridgehead atoms. The Morgan fingerprint density at radius 2 is 1.81 bits per heavy atom. The number of halogens is 3. The van der Waals surface area contributed by atoms with Crippen molar-refractivity contribution in [2.45, 2.75) is 32.0 Å². The third-order valence-electron chi connectivity index (χ3n) is 5.61. The summed E-state index contributed by atoms with van der Waals surface area (Å²) in [5.74, 6) is 0.0112. The number of fused-ring (bicyclic) bond motifs is 1. The zero-order valence-electron chi connectivity index (χ0n) is 17.1. The number of amides is 1. The SMILES string of the molecule is Cc1ccc(C(=O)NC2CC2)cc1-c1ccn2c(-c3ccccc3C(F)(F)F)nnc2c1. The molecule has 8 heteroatoms. The topological polar surface area (TPSA) is 59.3 Å². The van der Waals surface area contributed by atoms with Crippen LogP contribution in [0.4, 0.5) is 13.2 Å².